The van der Waals surface area contributed by atoms with E-state index >= 15 is 0 Å². The molecule has 20 heavy (non-hydrogen) atoms. The van der Waals surface area contributed by atoms with Crippen molar-refractivity contribution in [2.24, 2.45) is 5.41 Å². The van der Waals surface area contributed by atoms with Crippen molar-refractivity contribution < 1.29 is 4.42 Å². The molecule has 0 radical (unpaired) electrons. The van der Waals surface area contributed by atoms with Crippen molar-refractivity contribution >= 4 is 22.5 Å². The van der Waals surface area contributed by atoms with Gasteiger partial charge in [-0.2, -0.15) is 0 Å². The maximum Gasteiger partial charge on any atom is 0.417 e. The molecule has 1 atom stereocenters. The molecule has 1 aromatic carbocycles. The van der Waals surface area contributed by atoms with Crippen LogP contribution in [0.15, 0.2) is 21.3 Å². The Morgan fingerprint density at radius 2 is 2.25 bits per heavy atom. The molecule has 0 aliphatic heterocycles. The molecule has 1 fully saturated rings. The average molecular weight is 275 g/mol. The van der Waals surface area contributed by atoms with Gasteiger partial charge in [-0.25, -0.2) is 4.79 Å². The van der Waals surface area contributed by atoms with E-state index in [2.05, 4.69) is 24.1 Å². The van der Waals surface area contributed by atoms with Crippen LogP contribution in [0.5, 0.6) is 0 Å². The van der Waals surface area contributed by atoms with Crippen LogP contribution in [0.3, 0.4) is 0 Å². The molecule has 3 rings (SSSR count). The predicted octanol–water partition coefficient (Wildman–Crippen LogP) is 3.08. The highest BCUT2D eigenvalue weighted by molar-refractivity contribution is 5.85. The summed E-state index contributed by atoms with van der Waals surface area (Å²) < 4.78 is 5.01. The number of anilines is 2. The lowest BCUT2D eigenvalue weighted by Gasteiger charge is -2.36. The maximum atomic E-state index is 11.2. The average Bonchev–Trinajstić information content (AvgIpc) is 2.67. The van der Waals surface area contributed by atoms with E-state index in [0.29, 0.717) is 28.2 Å². The number of nitrogen functional groups attached to an aromatic ring is 1. The van der Waals surface area contributed by atoms with Gasteiger partial charge in [-0.15, -0.1) is 0 Å². The van der Waals surface area contributed by atoms with Crippen molar-refractivity contribution in [3.63, 3.8) is 0 Å². The van der Waals surface area contributed by atoms with Gasteiger partial charge in [-0.05, 0) is 30.7 Å². The van der Waals surface area contributed by atoms with E-state index in [9.17, 15) is 4.79 Å². The van der Waals surface area contributed by atoms with E-state index in [1.54, 1.807) is 6.07 Å². The maximum absolute atomic E-state index is 11.2. The van der Waals surface area contributed by atoms with Crippen LogP contribution in [0, 0.1) is 5.41 Å². The summed E-state index contributed by atoms with van der Waals surface area (Å²) >= 11 is 0. The van der Waals surface area contributed by atoms with Gasteiger partial charge in [0, 0.05) is 12.1 Å². The molecule has 5 nitrogen and oxygen atoms in total. The van der Waals surface area contributed by atoms with Gasteiger partial charge in [0.05, 0.1) is 16.9 Å². The lowest BCUT2D eigenvalue weighted by atomic mass is 9.75. The first-order valence-electron chi connectivity index (χ1n) is 7.12. The minimum atomic E-state index is -0.449. The quantitative estimate of drug-likeness (QED) is 0.735. The topological polar surface area (TPSA) is 84.0 Å². The van der Waals surface area contributed by atoms with E-state index in [0.717, 1.165) is 18.5 Å². The Hall–Kier alpha value is -1.91. The molecule has 4 N–H and O–H groups in total. The number of hydrogen-bond acceptors (Lipinski definition) is 4. The zero-order valence-corrected chi connectivity index (χ0v) is 12.0. The van der Waals surface area contributed by atoms with Crippen LogP contribution >= 0.6 is 0 Å². The van der Waals surface area contributed by atoms with Crippen LogP contribution in [0.2, 0.25) is 0 Å². The molecule has 0 amide bonds. The summed E-state index contributed by atoms with van der Waals surface area (Å²) in [6.45, 7) is 4.61. The summed E-state index contributed by atoms with van der Waals surface area (Å²) in [5.41, 5.74) is 9.09. The Bertz CT molecular complexity index is 684. The molecular weight excluding hydrogens is 254 g/mol. The summed E-state index contributed by atoms with van der Waals surface area (Å²) in [5, 5.41) is 3.52. The first-order valence-corrected chi connectivity index (χ1v) is 7.12. The largest absolute Gasteiger partial charge is 0.417 e. The van der Waals surface area contributed by atoms with Crippen LogP contribution in [0.4, 0.5) is 11.4 Å². The van der Waals surface area contributed by atoms with Crippen molar-refractivity contribution in [1.82, 2.24) is 4.98 Å². The van der Waals surface area contributed by atoms with E-state index in [1.165, 1.54) is 12.8 Å². The second-order valence-corrected chi connectivity index (χ2v) is 6.55. The van der Waals surface area contributed by atoms with Gasteiger partial charge < -0.3 is 15.5 Å². The Morgan fingerprint density at radius 1 is 1.45 bits per heavy atom. The van der Waals surface area contributed by atoms with Gasteiger partial charge in [0.15, 0.2) is 5.58 Å². The molecule has 1 aliphatic rings. The lowest BCUT2D eigenvalue weighted by molar-refractivity contribution is 0.229. The summed E-state index contributed by atoms with van der Waals surface area (Å²) in [7, 11) is 0. The first-order chi connectivity index (χ1) is 9.43. The number of hydrogen-bond donors (Lipinski definition) is 3. The molecule has 1 heterocycles. The Balaban J connectivity index is 1.86. The van der Waals surface area contributed by atoms with Crippen molar-refractivity contribution in [2.75, 3.05) is 11.1 Å². The van der Waals surface area contributed by atoms with Crippen molar-refractivity contribution in [1.29, 1.82) is 0 Å². The molecule has 2 aromatic rings. The second-order valence-electron chi connectivity index (χ2n) is 6.55. The fourth-order valence-corrected chi connectivity index (χ4v) is 3.18. The lowest BCUT2D eigenvalue weighted by Crippen LogP contribution is -2.31. The molecule has 0 bridgehead atoms. The minimum Gasteiger partial charge on any atom is -0.408 e. The summed E-state index contributed by atoms with van der Waals surface area (Å²) in [4.78, 5) is 13.9. The molecule has 1 unspecified atom stereocenters. The third-order valence-electron chi connectivity index (χ3n) is 4.16. The van der Waals surface area contributed by atoms with Crippen LogP contribution in [-0.4, -0.2) is 11.0 Å². The number of benzene rings is 1. The summed E-state index contributed by atoms with van der Waals surface area (Å²) in [6.07, 6.45) is 4.79. The number of nitrogens with two attached hydrogens (primary N) is 1. The fraction of sp³-hybridized carbons (Fsp3) is 0.533. The monoisotopic (exact) mass is 275 g/mol. The van der Waals surface area contributed by atoms with Crippen molar-refractivity contribution in [2.45, 2.75) is 45.6 Å². The van der Waals surface area contributed by atoms with Crippen LogP contribution in [-0.2, 0) is 0 Å². The van der Waals surface area contributed by atoms with Gasteiger partial charge in [0.2, 0.25) is 0 Å². The van der Waals surface area contributed by atoms with Crippen LogP contribution < -0.4 is 16.8 Å². The number of oxazole rings is 1. The van der Waals surface area contributed by atoms with E-state index in [-0.39, 0.29) is 0 Å². The number of H-pyrrole nitrogens is 1. The molecule has 0 saturated heterocycles. The molecule has 1 saturated carbocycles. The van der Waals surface area contributed by atoms with Gasteiger partial charge in [0.1, 0.15) is 0 Å². The van der Waals surface area contributed by atoms with Gasteiger partial charge in [-0.1, -0.05) is 20.3 Å². The highest BCUT2D eigenvalue weighted by Crippen LogP contribution is 2.37. The van der Waals surface area contributed by atoms with E-state index in [4.69, 9.17) is 10.2 Å². The predicted molar refractivity (Wildman–Crippen MR) is 80.9 cm³/mol. The normalized spacial score (nSPS) is 22.0. The summed E-state index contributed by atoms with van der Waals surface area (Å²) in [6, 6.07) is 3.98. The SMILES string of the molecule is CC1(C)CCCC(Nc2cc3[nH]c(=O)oc3cc2N)C1. The van der Waals surface area contributed by atoms with E-state index < -0.39 is 5.76 Å². The Morgan fingerprint density at radius 3 is 3.00 bits per heavy atom. The van der Waals surface area contributed by atoms with Gasteiger partial charge in [-0.3, -0.25) is 4.98 Å². The summed E-state index contributed by atoms with van der Waals surface area (Å²) in [5.74, 6) is -0.449. The van der Waals surface area contributed by atoms with Gasteiger partial charge >= 0.3 is 5.76 Å². The number of rotatable bonds is 2. The first kappa shape index (κ1) is 13.1. The smallest absolute Gasteiger partial charge is 0.408 e. The fourth-order valence-electron chi connectivity index (χ4n) is 3.18. The highest BCUT2D eigenvalue weighted by atomic mass is 16.4. The van der Waals surface area contributed by atoms with Gasteiger partial charge in [0.25, 0.3) is 0 Å². The highest BCUT2D eigenvalue weighted by Gasteiger charge is 2.28. The zero-order chi connectivity index (χ0) is 14.3. The van der Waals surface area contributed by atoms with Crippen molar-refractivity contribution in [3.8, 4) is 0 Å². The molecule has 108 valence electrons. The molecule has 1 aromatic heterocycles. The number of aromatic amines is 1. The van der Waals surface area contributed by atoms with Crippen LogP contribution in [0.1, 0.15) is 39.5 Å². The number of nitrogens with one attached hydrogen (secondary N) is 2. The number of fused-ring (bicyclic) bond motifs is 1. The minimum absolute atomic E-state index is 0.374. The molecule has 1 aliphatic carbocycles. The molecule has 0 spiro atoms. The third kappa shape index (κ3) is 2.53. The standard InChI is InChI=1S/C15H21N3O2/c1-15(2)5-3-4-9(8-15)17-11-7-12-13(6-10(11)16)20-14(19)18-12/h6-7,9,17H,3-5,8,16H2,1-2H3,(H,18,19). The number of aromatic nitrogens is 1. The third-order valence-corrected chi connectivity index (χ3v) is 4.16. The zero-order valence-electron chi connectivity index (χ0n) is 12.0. The van der Waals surface area contributed by atoms with E-state index in [1.807, 2.05) is 6.07 Å². The molecular formula is C15H21N3O2. The Labute approximate surface area is 117 Å². The second kappa shape index (κ2) is 4.58. The van der Waals surface area contributed by atoms with Crippen LogP contribution in [0.25, 0.3) is 11.1 Å². The molecule has 5 heteroatoms. The Kier molecular flexibility index (Phi) is 3.00. The van der Waals surface area contributed by atoms with Crippen molar-refractivity contribution in [3.05, 3.63) is 22.7 Å².